The maximum Gasteiger partial charge on any atom is 0.346 e. The molecule has 6 nitrogen and oxygen atoms in total. The molecule has 0 saturated carbocycles. The summed E-state index contributed by atoms with van der Waals surface area (Å²) in [5, 5.41) is 3.73. The average Bonchev–Trinajstić information content (AvgIpc) is 2.93. The van der Waals surface area contributed by atoms with Crippen LogP contribution in [0.25, 0.3) is 0 Å². The highest BCUT2D eigenvalue weighted by atomic mass is 19.3. The maximum atomic E-state index is 14.4. The molecule has 1 amide bonds. The number of likely N-dealkylation sites (tertiary alicyclic amines) is 2. The van der Waals surface area contributed by atoms with Crippen LogP contribution in [-0.2, 0) is 0 Å². The molecule has 1 aromatic rings. The van der Waals surface area contributed by atoms with E-state index in [1.165, 1.54) is 17.6 Å². The van der Waals surface area contributed by atoms with Gasteiger partial charge in [0.2, 0.25) is 0 Å². The van der Waals surface area contributed by atoms with Crippen LogP contribution >= 0.6 is 0 Å². The Labute approximate surface area is 115 Å². The average molecular weight is 285 g/mol. The summed E-state index contributed by atoms with van der Waals surface area (Å²) in [4.78, 5) is 18.9. The summed E-state index contributed by atoms with van der Waals surface area (Å²) in [6.07, 6.45) is 2.78. The number of aromatic nitrogens is 3. The number of amides is 1. The van der Waals surface area contributed by atoms with Crippen LogP contribution in [0.1, 0.15) is 20.3 Å². The molecule has 0 aliphatic carbocycles. The van der Waals surface area contributed by atoms with Crippen LogP contribution in [0.4, 0.5) is 13.6 Å². The van der Waals surface area contributed by atoms with Crippen LogP contribution < -0.4 is 0 Å². The van der Waals surface area contributed by atoms with Crippen molar-refractivity contribution in [3.63, 3.8) is 0 Å². The van der Waals surface area contributed by atoms with E-state index in [1.807, 2.05) is 13.8 Å². The molecule has 0 aromatic carbocycles. The first-order chi connectivity index (χ1) is 9.37. The van der Waals surface area contributed by atoms with E-state index in [1.54, 1.807) is 4.90 Å². The van der Waals surface area contributed by atoms with Gasteiger partial charge in [0, 0.05) is 19.1 Å². The highest BCUT2D eigenvalue weighted by molar-refractivity contribution is 5.78. The maximum absolute atomic E-state index is 14.4. The minimum absolute atomic E-state index is 0.0316. The Kier molecular flexibility index (Phi) is 2.82. The zero-order valence-corrected chi connectivity index (χ0v) is 11.5. The van der Waals surface area contributed by atoms with Crippen LogP contribution in [0.5, 0.6) is 0 Å². The molecule has 8 heteroatoms. The zero-order valence-electron chi connectivity index (χ0n) is 11.5. The number of nitrogens with zero attached hydrogens (tertiary/aromatic N) is 5. The van der Waals surface area contributed by atoms with Gasteiger partial charge in [-0.1, -0.05) is 0 Å². The minimum Gasteiger partial charge on any atom is -0.310 e. The van der Waals surface area contributed by atoms with Crippen molar-refractivity contribution in [1.82, 2.24) is 24.6 Å². The van der Waals surface area contributed by atoms with E-state index in [0.29, 0.717) is 13.0 Å². The van der Waals surface area contributed by atoms with Crippen molar-refractivity contribution in [3.05, 3.63) is 12.7 Å². The molecule has 2 aliphatic rings. The molecule has 2 fully saturated rings. The summed E-state index contributed by atoms with van der Waals surface area (Å²) in [5.74, 6) is -2.90. The molecule has 1 atom stereocenters. The predicted octanol–water partition coefficient (Wildman–Crippen LogP) is 1.05. The predicted molar refractivity (Wildman–Crippen MR) is 66.5 cm³/mol. The molecule has 3 heterocycles. The Morgan fingerprint density at radius 3 is 2.55 bits per heavy atom. The van der Waals surface area contributed by atoms with Gasteiger partial charge in [-0.3, -0.25) is 4.90 Å². The van der Waals surface area contributed by atoms with Crippen molar-refractivity contribution in [1.29, 1.82) is 0 Å². The molecule has 3 rings (SSSR count). The van der Waals surface area contributed by atoms with Gasteiger partial charge in [-0.2, -0.15) is 9.78 Å². The van der Waals surface area contributed by atoms with Gasteiger partial charge in [-0.15, -0.1) is 0 Å². The minimum atomic E-state index is -2.90. The van der Waals surface area contributed by atoms with Gasteiger partial charge in [0.25, 0.3) is 5.92 Å². The summed E-state index contributed by atoms with van der Waals surface area (Å²) in [5.41, 5.74) is -1.39. The molecule has 110 valence electrons. The molecular weight excluding hydrogens is 268 g/mol. The third-order valence-corrected chi connectivity index (χ3v) is 4.39. The number of carbonyl (C=O) groups excluding carboxylic acids is 1. The molecule has 1 aromatic heterocycles. The quantitative estimate of drug-likeness (QED) is 0.774. The SMILES string of the molecule is CC(C)N1CC(F)(F)C2(CCN2C(=O)n2cncn2)C1. The lowest BCUT2D eigenvalue weighted by molar-refractivity contribution is -0.140. The largest absolute Gasteiger partial charge is 0.346 e. The summed E-state index contributed by atoms with van der Waals surface area (Å²) < 4.78 is 29.9. The summed E-state index contributed by atoms with van der Waals surface area (Å²) >= 11 is 0. The van der Waals surface area contributed by atoms with Crippen molar-refractivity contribution in [2.45, 2.75) is 37.8 Å². The first-order valence-corrected chi connectivity index (χ1v) is 6.66. The first kappa shape index (κ1) is 13.4. The van der Waals surface area contributed by atoms with Gasteiger partial charge in [0.1, 0.15) is 18.2 Å². The monoisotopic (exact) mass is 285 g/mol. The van der Waals surface area contributed by atoms with Crippen LogP contribution in [0.2, 0.25) is 0 Å². The second-order valence-electron chi connectivity index (χ2n) is 5.76. The van der Waals surface area contributed by atoms with Crippen LogP contribution in [0.3, 0.4) is 0 Å². The fourth-order valence-electron chi connectivity index (χ4n) is 3.02. The van der Waals surface area contributed by atoms with E-state index >= 15 is 0 Å². The number of halogens is 2. The molecule has 0 radical (unpaired) electrons. The van der Waals surface area contributed by atoms with Gasteiger partial charge in [-0.05, 0) is 20.3 Å². The van der Waals surface area contributed by atoms with Gasteiger partial charge in [0.05, 0.1) is 6.54 Å². The second kappa shape index (κ2) is 4.21. The van der Waals surface area contributed by atoms with E-state index < -0.39 is 17.5 Å². The van der Waals surface area contributed by atoms with E-state index in [-0.39, 0.29) is 19.1 Å². The van der Waals surface area contributed by atoms with Gasteiger partial charge in [0.15, 0.2) is 0 Å². The van der Waals surface area contributed by atoms with Crippen molar-refractivity contribution >= 4 is 6.03 Å². The number of carbonyl (C=O) groups is 1. The normalized spacial score (nSPS) is 29.1. The molecule has 2 aliphatic heterocycles. The summed E-state index contributed by atoms with van der Waals surface area (Å²) in [6, 6.07) is -0.497. The Balaban J connectivity index is 1.87. The third kappa shape index (κ3) is 1.67. The Morgan fingerprint density at radius 1 is 1.35 bits per heavy atom. The van der Waals surface area contributed by atoms with Gasteiger partial charge >= 0.3 is 6.03 Å². The molecular formula is C12H17F2N5O. The molecule has 20 heavy (non-hydrogen) atoms. The lowest BCUT2D eigenvalue weighted by Gasteiger charge is -2.52. The number of hydrogen-bond acceptors (Lipinski definition) is 4. The molecule has 0 N–H and O–H groups in total. The van der Waals surface area contributed by atoms with Crippen molar-refractivity contribution in [3.8, 4) is 0 Å². The molecule has 1 unspecified atom stereocenters. The van der Waals surface area contributed by atoms with Crippen LogP contribution in [0.15, 0.2) is 12.7 Å². The zero-order chi connectivity index (χ0) is 14.5. The molecule has 1 spiro atoms. The van der Waals surface area contributed by atoms with Crippen molar-refractivity contribution in [2.24, 2.45) is 0 Å². The van der Waals surface area contributed by atoms with E-state index in [4.69, 9.17) is 0 Å². The summed E-state index contributed by atoms with van der Waals surface area (Å²) in [7, 11) is 0. The lowest BCUT2D eigenvalue weighted by atomic mass is 9.81. The molecule has 2 saturated heterocycles. The van der Waals surface area contributed by atoms with Crippen LogP contribution in [-0.4, -0.2) is 67.7 Å². The highest BCUT2D eigenvalue weighted by Gasteiger charge is 2.68. The van der Waals surface area contributed by atoms with Gasteiger partial charge in [-0.25, -0.2) is 18.6 Å². The highest BCUT2D eigenvalue weighted by Crippen LogP contribution is 2.49. The standard InChI is InChI=1S/C12H17F2N5O/c1-9(2)17-5-11(12(13,14)6-17)3-4-18(11)10(20)19-8-15-7-16-19/h7-9H,3-6H2,1-2H3. The van der Waals surface area contributed by atoms with Crippen LogP contribution in [0, 0.1) is 0 Å². The number of rotatable bonds is 1. The van der Waals surface area contributed by atoms with E-state index in [0.717, 1.165) is 4.68 Å². The first-order valence-electron chi connectivity index (χ1n) is 6.66. The van der Waals surface area contributed by atoms with Gasteiger partial charge < -0.3 is 4.90 Å². The second-order valence-corrected chi connectivity index (χ2v) is 5.76. The molecule has 0 bridgehead atoms. The number of alkyl halides is 2. The van der Waals surface area contributed by atoms with E-state index in [9.17, 15) is 13.6 Å². The Hall–Kier alpha value is -1.57. The smallest absolute Gasteiger partial charge is 0.310 e. The third-order valence-electron chi connectivity index (χ3n) is 4.39. The Morgan fingerprint density at radius 2 is 2.10 bits per heavy atom. The van der Waals surface area contributed by atoms with E-state index in [2.05, 4.69) is 10.1 Å². The fourth-order valence-corrected chi connectivity index (χ4v) is 3.02. The lowest BCUT2D eigenvalue weighted by Crippen LogP contribution is -2.71. The summed E-state index contributed by atoms with van der Waals surface area (Å²) in [6.45, 7) is 4.01. The topological polar surface area (TPSA) is 54.3 Å². The fraction of sp³-hybridized carbons (Fsp3) is 0.750. The van der Waals surface area contributed by atoms with Crippen molar-refractivity contribution < 1.29 is 13.6 Å². The Bertz CT molecular complexity index is 518. The number of hydrogen-bond donors (Lipinski definition) is 0. The van der Waals surface area contributed by atoms with Crippen molar-refractivity contribution in [2.75, 3.05) is 19.6 Å².